The van der Waals surface area contributed by atoms with Crippen LogP contribution in [0.4, 0.5) is 10.1 Å². The lowest BCUT2D eigenvalue weighted by Crippen LogP contribution is -2.48. The molecule has 40 heavy (non-hydrogen) atoms. The molecule has 210 valence electrons. The monoisotopic (exact) mass is 546 g/mol. The van der Waals surface area contributed by atoms with Crippen molar-refractivity contribution in [1.82, 2.24) is 9.80 Å². The summed E-state index contributed by atoms with van der Waals surface area (Å²) in [6, 6.07) is 11.0. The molecule has 4 rings (SSSR count). The Morgan fingerprint density at radius 1 is 1.10 bits per heavy atom. The van der Waals surface area contributed by atoms with Crippen LogP contribution in [0.2, 0.25) is 0 Å². The number of carbonyl (C=O) groups excluding carboxylic acids is 1. The summed E-state index contributed by atoms with van der Waals surface area (Å²) < 4.78 is 25.2. The van der Waals surface area contributed by atoms with Crippen molar-refractivity contribution in [3.05, 3.63) is 65.8 Å². The van der Waals surface area contributed by atoms with Gasteiger partial charge in [-0.05, 0) is 62.1 Å². The van der Waals surface area contributed by atoms with Crippen LogP contribution in [0.5, 0.6) is 0 Å². The maximum atomic E-state index is 13.7. The number of benzene rings is 1. The fourth-order valence-electron chi connectivity index (χ4n) is 5.41. The number of nitrogens with zero attached hydrogens (tertiary/aromatic N) is 6. The zero-order valence-corrected chi connectivity index (χ0v) is 23.1. The van der Waals surface area contributed by atoms with Gasteiger partial charge < -0.3 is 24.2 Å². The zero-order valence-electron chi connectivity index (χ0n) is 23.1. The number of allylic oxidation sites excluding steroid dienone is 2. The summed E-state index contributed by atoms with van der Waals surface area (Å²) in [6.07, 6.45) is 6.34. The molecule has 1 saturated carbocycles. The van der Waals surface area contributed by atoms with E-state index >= 15 is 0 Å². The number of rotatable bonds is 6. The molecule has 9 nitrogen and oxygen atoms in total. The number of halogens is 1. The zero-order chi connectivity index (χ0) is 28.6. The first-order valence-electron chi connectivity index (χ1n) is 13.5. The van der Waals surface area contributed by atoms with E-state index in [0.717, 1.165) is 31.4 Å². The van der Waals surface area contributed by atoms with Crippen molar-refractivity contribution < 1.29 is 18.7 Å². The third-order valence-electron chi connectivity index (χ3n) is 7.82. The van der Waals surface area contributed by atoms with Crippen LogP contribution in [0.25, 0.3) is 0 Å². The van der Waals surface area contributed by atoms with Crippen LogP contribution >= 0.6 is 0 Å². The summed E-state index contributed by atoms with van der Waals surface area (Å²) in [5.74, 6) is -0.736. The molecule has 0 radical (unpaired) electrons. The van der Waals surface area contributed by atoms with Crippen molar-refractivity contribution in [2.24, 2.45) is 4.99 Å². The van der Waals surface area contributed by atoms with Gasteiger partial charge in [-0.25, -0.2) is 4.39 Å². The number of anilines is 1. The normalized spacial score (nSPS) is 26.8. The van der Waals surface area contributed by atoms with Crippen molar-refractivity contribution in [3.8, 4) is 12.1 Å². The lowest BCUT2D eigenvalue weighted by atomic mass is 9.88. The van der Waals surface area contributed by atoms with E-state index in [4.69, 9.17) is 9.47 Å². The van der Waals surface area contributed by atoms with Crippen LogP contribution in [-0.2, 0) is 14.3 Å². The van der Waals surface area contributed by atoms with Crippen molar-refractivity contribution in [2.75, 3.05) is 51.9 Å². The molecule has 1 aromatic carbocycles. The highest BCUT2D eigenvalue weighted by Crippen LogP contribution is 2.32. The molecule has 0 aromatic heterocycles. The number of ether oxygens (including phenoxy) is 2. The fraction of sp³-hybridized carbons (Fsp3) is 0.467. The Hall–Kier alpha value is -3.99. The molecule has 10 heteroatoms. The number of hydrogen-bond donors (Lipinski definition) is 0. The second kappa shape index (κ2) is 13.4. The SMILES string of the molecule is C=C1/C=C\C(C#N)=NC/C(N(C)C2CCC(N(CC3COCCO3)c3ccc(F)cc3)CC2)=C(/C#N)C(=O)N1C. The molecule has 0 N–H and O–H groups in total. The Morgan fingerprint density at radius 2 is 1.80 bits per heavy atom. The third-order valence-corrected chi connectivity index (χ3v) is 7.82. The summed E-state index contributed by atoms with van der Waals surface area (Å²) >= 11 is 0. The van der Waals surface area contributed by atoms with E-state index in [1.54, 1.807) is 25.3 Å². The number of hydrogen-bond acceptors (Lipinski definition) is 8. The molecule has 1 atom stereocenters. The second-order valence-corrected chi connectivity index (χ2v) is 10.2. The molecular weight excluding hydrogens is 511 g/mol. The highest BCUT2D eigenvalue weighted by atomic mass is 19.1. The van der Waals surface area contributed by atoms with E-state index in [1.807, 2.05) is 11.9 Å². The minimum Gasteiger partial charge on any atom is -0.376 e. The quantitative estimate of drug-likeness (QED) is 0.537. The van der Waals surface area contributed by atoms with Gasteiger partial charge in [0, 0.05) is 44.1 Å². The Kier molecular flexibility index (Phi) is 9.70. The van der Waals surface area contributed by atoms with Crippen molar-refractivity contribution in [3.63, 3.8) is 0 Å². The van der Waals surface area contributed by atoms with E-state index in [2.05, 4.69) is 28.6 Å². The standard InChI is InChI=1S/C30H35FN6O3/c1-21-4-7-23(16-32)34-18-29(28(17-33)30(38)35(21)2)36(3)24-10-12-26(13-11-24)37(19-27-20-39-14-15-40-27)25-8-5-22(31)6-9-25/h4-9,24,26-27H,1,10-15,18-20H2,2-3H3/b7-4-,29-28+,34-23?. The van der Waals surface area contributed by atoms with Gasteiger partial charge in [0.1, 0.15) is 29.2 Å². The average molecular weight is 547 g/mol. The second-order valence-electron chi connectivity index (χ2n) is 10.2. The Morgan fingerprint density at radius 3 is 2.42 bits per heavy atom. The highest BCUT2D eigenvalue weighted by Gasteiger charge is 2.33. The smallest absolute Gasteiger partial charge is 0.270 e. The largest absolute Gasteiger partial charge is 0.376 e. The number of nitriles is 2. The van der Waals surface area contributed by atoms with Gasteiger partial charge in [-0.15, -0.1) is 0 Å². The molecule has 1 saturated heterocycles. The molecule has 0 spiro atoms. The predicted molar refractivity (Wildman–Crippen MR) is 150 cm³/mol. The average Bonchev–Trinajstić information content (AvgIpc) is 2.99. The van der Waals surface area contributed by atoms with Gasteiger partial charge in [0.2, 0.25) is 0 Å². The minimum absolute atomic E-state index is 0.00741. The summed E-state index contributed by atoms with van der Waals surface area (Å²) in [6.45, 7) is 6.24. The Labute approximate surface area is 235 Å². The minimum atomic E-state index is -0.458. The molecular formula is C30H35FN6O3. The number of carbonyl (C=O) groups is 1. The fourth-order valence-corrected chi connectivity index (χ4v) is 5.41. The van der Waals surface area contributed by atoms with E-state index in [-0.39, 0.29) is 41.8 Å². The predicted octanol–water partition coefficient (Wildman–Crippen LogP) is 3.57. The van der Waals surface area contributed by atoms with E-state index in [1.165, 1.54) is 23.1 Å². The molecule has 1 aliphatic carbocycles. The number of amides is 1. The van der Waals surface area contributed by atoms with Crippen molar-refractivity contribution in [1.29, 1.82) is 10.5 Å². The first-order valence-corrected chi connectivity index (χ1v) is 13.5. The maximum Gasteiger partial charge on any atom is 0.270 e. The van der Waals surface area contributed by atoms with Crippen LogP contribution in [0, 0.1) is 28.5 Å². The van der Waals surface area contributed by atoms with Gasteiger partial charge in [0.25, 0.3) is 5.91 Å². The van der Waals surface area contributed by atoms with Crippen molar-refractivity contribution >= 4 is 17.3 Å². The first kappa shape index (κ1) is 29.0. The van der Waals surface area contributed by atoms with Crippen LogP contribution in [-0.4, -0.2) is 86.6 Å². The van der Waals surface area contributed by atoms with Crippen LogP contribution in [0.1, 0.15) is 25.7 Å². The van der Waals surface area contributed by atoms with E-state index in [0.29, 0.717) is 37.8 Å². The summed E-state index contributed by atoms with van der Waals surface area (Å²) in [5.41, 5.74) is 1.97. The maximum absolute atomic E-state index is 13.7. The van der Waals surface area contributed by atoms with Gasteiger partial charge in [-0.1, -0.05) is 6.58 Å². The lowest BCUT2D eigenvalue weighted by molar-refractivity contribution is -0.123. The molecule has 1 aromatic rings. The molecule has 2 fully saturated rings. The summed E-state index contributed by atoms with van der Waals surface area (Å²) in [7, 11) is 3.44. The molecule has 0 bridgehead atoms. The first-order chi connectivity index (χ1) is 19.3. The Bertz CT molecular complexity index is 1260. The van der Waals surface area contributed by atoms with Gasteiger partial charge in [0.05, 0.1) is 38.2 Å². The van der Waals surface area contributed by atoms with Crippen LogP contribution in [0.3, 0.4) is 0 Å². The van der Waals surface area contributed by atoms with Crippen LogP contribution in [0.15, 0.2) is 65.0 Å². The summed E-state index contributed by atoms with van der Waals surface area (Å²) in [5, 5.41) is 19.5. The molecule has 2 heterocycles. The molecule has 1 amide bonds. The molecule has 3 aliphatic rings. The van der Waals surface area contributed by atoms with Gasteiger partial charge >= 0.3 is 0 Å². The molecule has 1 unspecified atom stereocenters. The number of likely N-dealkylation sites (N-methyl/N-ethyl adjacent to an activating group) is 2. The van der Waals surface area contributed by atoms with Gasteiger partial charge in [0.15, 0.2) is 0 Å². The lowest BCUT2D eigenvalue weighted by Gasteiger charge is -2.43. The Balaban J connectivity index is 1.54. The topological polar surface area (TPSA) is 105 Å². The van der Waals surface area contributed by atoms with Crippen molar-refractivity contribution in [2.45, 2.75) is 43.9 Å². The van der Waals surface area contributed by atoms with Gasteiger partial charge in [-0.2, -0.15) is 10.5 Å². The van der Waals surface area contributed by atoms with Crippen LogP contribution < -0.4 is 4.90 Å². The third kappa shape index (κ3) is 6.77. The van der Waals surface area contributed by atoms with E-state index < -0.39 is 5.91 Å². The van der Waals surface area contributed by atoms with E-state index in [9.17, 15) is 19.7 Å². The van der Waals surface area contributed by atoms with Gasteiger partial charge in [-0.3, -0.25) is 9.79 Å². The highest BCUT2D eigenvalue weighted by molar-refractivity contribution is 6.08. The number of aliphatic imine (C=N–C) groups is 1. The molecule has 2 aliphatic heterocycles. The summed E-state index contributed by atoms with van der Waals surface area (Å²) in [4.78, 5) is 23.2.